The summed E-state index contributed by atoms with van der Waals surface area (Å²) in [5.74, 6) is 1.14. The van der Waals surface area contributed by atoms with Gasteiger partial charge in [-0.25, -0.2) is 0 Å². The van der Waals surface area contributed by atoms with Crippen molar-refractivity contribution in [2.45, 2.75) is 26.3 Å². The summed E-state index contributed by atoms with van der Waals surface area (Å²) < 4.78 is 5.38. The van der Waals surface area contributed by atoms with E-state index in [-0.39, 0.29) is 0 Å². The molecule has 0 saturated heterocycles. The largest absolute Gasteiger partial charge is 0.334 e. The van der Waals surface area contributed by atoms with Crippen LogP contribution in [0, 0.1) is 0 Å². The lowest BCUT2D eigenvalue weighted by atomic mass is 10.1. The summed E-state index contributed by atoms with van der Waals surface area (Å²) in [6.07, 6.45) is 2.23. The van der Waals surface area contributed by atoms with Crippen LogP contribution in [0.3, 0.4) is 0 Å². The zero-order valence-electron chi connectivity index (χ0n) is 12.6. The van der Waals surface area contributed by atoms with Gasteiger partial charge in [0.05, 0.1) is 0 Å². The molecule has 0 fully saturated rings. The fraction of sp³-hybridized carbons (Fsp3) is 0.222. The Labute approximate surface area is 130 Å². The van der Waals surface area contributed by atoms with Gasteiger partial charge in [0, 0.05) is 17.7 Å². The van der Waals surface area contributed by atoms with Crippen LogP contribution in [0.5, 0.6) is 0 Å². The summed E-state index contributed by atoms with van der Waals surface area (Å²) in [5, 5.41) is 4.06. The molecular formula is C18H19N3O. The van der Waals surface area contributed by atoms with E-state index in [1.165, 1.54) is 5.56 Å². The Kier molecular flexibility index (Phi) is 4.30. The minimum Gasteiger partial charge on any atom is -0.334 e. The van der Waals surface area contributed by atoms with Crippen molar-refractivity contribution in [2.24, 2.45) is 5.73 Å². The Morgan fingerprint density at radius 2 is 1.55 bits per heavy atom. The number of hydrogen-bond donors (Lipinski definition) is 1. The highest BCUT2D eigenvalue weighted by Gasteiger charge is 2.10. The SMILES string of the molecule is CCCc1ccc(-c2nc(-c3ccc(CN)cc3)no2)cc1. The molecule has 0 radical (unpaired) electrons. The van der Waals surface area contributed by atoms with Crippen LogP contribution in [0.15, 0.2) is 53.1 Å². The Bertz CT molecular complexity index is 730. The molecule has 0 amide bonds. The summed E-state index contributed by atoms with van der Waals surface area (Å²) in [6, 6.07) is 16.1. The maximum Gasteiger partial charge on any atom is 0.258 e. The lowest BCUT2D eigenvalue weighted by molar-refractivity contribution is 0.432. The number of nitrogens with two attached hydrogens (primary N) is 1. The van der Waals surface area contributed by atoms with Crippen LogP contribution >= 0.6 is 0 Å². The molecule has 1 aromatic heterocycles. The van der Waals surface area contributed by atoms with Crippen LogP contribution in [0.4, 0.5) is 0 Å². The fourth-order valence-corrected chi connectivity index (χ4v) is 2.35. The van der Waals surface area contributed by atoms with Crippen molar-refractivity contribution in [3.8, 4) is 22.8 Å². The second kappa shape index (κ2) is 6.54. The maximum absolute atomic E-state index is 5.60. The normalized spacial score (nSPS) is 10.8. The van der Waals surface area contributed by atoms with Gasteiger partial charge in [-0.1, -0.05) is 54.9 Å². The molecule has 1 heterocycles. The van der Waals surface area contributed by atoms with Crippen LogP contribution in [0.1, 0.15) is 24.5 Å². The molecule has 0 aliphatic heterocycles. The molecule has 22 heavy (non-hydrogen) atoms. The first-order chi connectivity index (χ1) is 10.8. The van der Waals surface area contributed by atoms with Crippen molar-refractivity contribution in [1.29, 1.82) is 0 Å². The van der Waals surface area contributed by atoms with Gasteiger partial charge in [-0.2, -0.15) is 4.98 Å². The van der Waals surface area contributed by atoms with E-state index < -0.39 is 0 Å². The van der Waals surface area contributed by atoms with Gasteiger partial charge in [-0.15, -0.1) is 0 Å². The summed E-state index contributed by atoms with van der Waals surface area (Å²) in [6.45, 7) is 2.70. The first kappa shape index (κ1) is 14.5. The molecule has 4 nitrogen and oxygen atoms in total. The number of nitrogens with zero attached hydrogens (tertiary/aromatic N) is 2. The van der Waals surface area contributed by atoms with Crippen molar-refractivity contribution in [1.82, 2.24) is 10.1 Å². The molecule has 3 aromatic rings. The average Bonchev–Trinajstić information content (AvgIpc) is 3.06. The van der Waals surface area contributed by atoms with E-state index in [0.717, 1.165) is 29.5 Å². The van der Waals surface area contributed by atoms with Crippen molar-refractivity contribution in [3.63, 3.8) is 0 Å². The molecule has 4 heteroatoms. The molecule has 0 aliphatic carbocycles. The second-order valence-corrected chi connectivity index (χ2v) is 5.27. The third-order valence-electron chi connectivity index (χ3n) is 3.61. The van der Waals surface area contributed by atoms with E-state index in [1.807, 2.05) is 36.4 Å². The monoisotopic (exact) mass is 293 g/mol. The first-order valence-corrected chi connectivity index (χ1v) is 7.52. The van der Waals surface area contributed by atoms with E-state index >= 15 is 0 Å². The molecule has 0 unspecified atom stereocenters. The number of benzene rings is 2. The number of hydrogen-bond acceptors (Lipinski definition) is 4. The molecule has 2 N–H and O–H groups in total. The lowest BCUT2D eigenvalue weighted by Crippen LogP contribution is -1.95. The first-order valence-electron chi connectivity index (χ1n) is 7.52. The van der Waals surface area contributed by atoms with E-state index in [9.17, 15) is 0 Å². The zero-order chi connectivity index (χ0) is 15.4. The molecule has 0 spiro atoms. The highest BCUT2D eigenvalue weighted by atomic mass is 16.5. The summed E-state index contributed by atoms with van der Waals surface area (Å²) >= 11 is 0. The summed E-state index contributed by atoms with van der Waals surface area (Å²) in [4.78, 5) is 4.47. The van der Waals surface area contributed by atoms with E-state index in [4.69, 9.17) is 10.3 Å². The van der Waals surface area contributed by atoms with Gasteiger partial charge >= 0.3 is 0 Å². The van der Waals surface area contributed by atoms with Crippen LogP contribution in [0.2, 0.25) is 0 Å². The average molecular weight is 293 g/mol. The predicted octanol–water partition coefficient (Wildman–Crippen LogP) is 3.81. The van der Waals surface area contributed by atoms with Gasteiger partial charge in [0.25, 0.3) is 5.89 Å². The second-order valence-electron chi connectivity index (χ2n) is 5.27. The van der Waals surface area contributed by atoms with Gasteiger partial charge in [-0.05, 0) is 29.7 Å². The summed E-state index contributed by atoms with van der Waals surface area (Å²) in [5.41, 5.74) is 9.88. The van der Waals surface area contributed by atoms with Gasteiger partial charge in [0.15, 0.2) is 0 Å². The Morgan fingerprint density at radius 1 is 0.909 bits per heavy atom. The third-order valence-corrected chi connectivity index (χ3v) is 3.61. The maximum atomic E-state index is 5.60. The number of rotatable bonds is 5. The predicted molar refractivity (Wildman–Crippen MR) is 87.1 cm³/mol. The molecular weight excluding hydrogens is 274 g/mol. The van der Waals surface area contributed by atoms with Crippen molar-refractivity contribution < 1.29 is 4.52 Å². The highest BCUT2D eigenvalue weighted by Crippen LogP contribution is 2.23. The Morgan fingerprint density at radius 3 is 2.18 bits per heavy atom. The molecule has 3 rings (SSSR count). The number of aromatic nitrogens is 2. The van der Waals surface area contributed by atoms with Crippen LogP contribution in [-0.2, 0) is 13.0 Å². The molecule has 0 atom stereocenters. The zero-order valence-corrected chi connectivity index (χ0v) is 12.6. The van der Waals surface area contributed by atoms with Crippen LogP contribution in [-0.4, -0.2) is 10.1 Å². The van der Waals surface area contributed by atoms with E-state index in [0.29, 0.717) is 18.3 Å². The third kappa shape index (κ3) is 3.07. The van der Waals surface area contributed by atoms with Gasteiger partial charge in [-0.3, -0.25) is 0 Å². The van der Waals surface area contributed by atoms with Gasteiger partial charge in [0.2, 0.25) is 5.82 Å². The number of aryl methyl sites for hydroxylation is 1. The minimum absolute atomic E-state index is 0.530. The molecule has 0 aliphatic rings. The van der Waals surface area contributed by atoms with Gasteiger partial charge in [0.1, 0.15) is 0 Å². The van der Waals surface area contributed by atoms with Gasteiger partial charge < -0.3 is 10.3 Å². The van der Waals surface area contributed by atoms with Crippen molar-refractivity contribution in [2.75, 3.05) is 0 Å². The summed E-state index contributed by atoms with van der Waals surface area (Å²) in [7, 11) is 0. The van der Waals surface area contributed by atoms with E-state index in [1.54, 1.807) is 0 Å². The molecule has 2 aromatic carbocycles. The standard InChI is InChI=1S/C18H19N3O/c1-2-3-13-4-10-16(11-5-13)18-20-17(21-22-18)15-8-6-14(12-19)7-9-15/h4-11H,2-3,12,19H2,1H3. The topological polar surface area (TPSA) is 64.9 Å². The van der Waals surface area contributed by atoms with Crippen LogP contribution < -0.4 is 5.73 Å². The van der Waals surface area contributed by atoms with E-state index in [2.05, 4.69) is 29.2 Å². The molecule has 112 valence electrons. The van der Waals surface area contributed by atoms with Crippen molar-refractivity contribution >= 4 is 0 Å². The minimum atomic E-state index is 0.530. The molecule has 0 bridgehead atoms. The smallest absolute Gasteiger partial charge is 0.258 e. The Balaban J connectivity index is 1.83. The molecule has 0 saturated carbocycles. The fourth-order valence-electron chi connectivity index (χ4n) is 2.35. The van der Waals surface area contributed by atoms with Crippen LogP contribution in [0.25, 0.3) is 22.8 Å². The lowest BCUT2D eigenvalue weighted by Gasteiger charge is -1.99. The highest BCUT2D eigenvalue weighted by molar-refractivity contribution is 5.60. The Hall–Kier alpha value is -2.46. The quantitative estimate of drug-likeness (QED) is 0.776. The van der Waals surface area contributed by atoms with Crippen molar-refractivity contribution in [3.05, 3.63) is 59.7 Å².